The Kier molecular flexibility index (Phi) is 4.80. The smallest absolute Gasteiger partial charge is 0.416 e. The topological polar surface area (TPSA) is 38.3 Å². The second-order valence-corrected chi connectivity index (χ2v) is 4.16. The first-order valence-electron chi connectivity index (χ1n) is 5.81. The molecule has 1 aromatic rings. The number of aryl methyl sites for hydroxylation is 1. The largest absolute Gasteiger partial charge is 0.467 e. The highest BCUT2D eigenvalue weighted by atomic mass is 19.4. The number of hydrogen-bond donors (Lipinski definition) is 1. The summed E-state index contributed by atoms with van der Waals surface area (Å²) in [6.07, 6.45) is -3.99. The lowest BCUT2D eigenvalue weighted by atomic mass is 10.1. The van der Waals surface area contributed by atoms with Crippen LogP contribution in [0.4, 0.5) is 18.9 Å². The molecule has 3 nitrogen and oxygen atoms in total. The first-order valence-corrected chi connectivity index (χ1v) is 5.81. The number of benzene rings is 1. The van der Waals surface area contributed by atoms with E-state index in [-0.39, 0.29) is 5.69 Å². The second-order valence-electron chi connectivity index (χ2n) is 4.16. The number of carbonyl (C=O) groups excluding carboxylic acids is 1. The summed E-state index contributed by atoms with van der Waals surface area (Å²) in [5, 5.41) is 2.79. The average molecular weight is 275 g/mol. The summed E-state index contributed by atoms with van der Waals surface area (Å²) in [6, 6.07) is 2.72. The van der Waals surface area contributed by atoms with Crippen molar-refractivity contribution in [2.75, 3.05) is 12.4 Å². The average Bonchev–Trinajstić information content (AvgIpc) is 2.35. The summed E-state index contributed by atoms with van der Waals surface area (Å²) in [4.78, 5) is 11.4. The SMILES string of the molecule is CCC(Nc1cc(C(F)(F)F)ccc1C)C(=O)OC. The Hall–Kier alpha value is -1.72. The van der Waals surface area contributed by atoms with E-state index >= 15 is 0 Å². The molecule has 1 atom stereocenters. The van der Waals surface area contributed by atoms with Crippen molar-refractivity contribution in [1.29, 1.82) is 0 Å². The molecule has 0 saturated carbocycles. The number of esters is 1. The molecule has 0 aliphatic heterocycles. The lowest BCUT2D eigenvalue weighted by Crippen LogP contribution is -2.30. The predicted molar refractivity (Wildman–Crippen MR) is 65.9 cm³/mol. The maximum atomic E-state index is 12.6. The highest BCUT2D eigenvalue weighted by Gasteiger charge is 2.31. The van der Waals surface area contributed by atoms with Crippen molar-refractivity contribution in [2.24, 2.45) is 0 Å². The van der Waals surface area contributed by atoms with Crippen molar-refractivity contribution in [2.45, 2.75) is 32.5 Å². The van der Waals surface area contributed by atoms with Crippen LogP contribution in [0.2, 0.25) is 0 Å². The zero-order valence-corrected chi connectivity index (χ0v) is 11.0. The van der Waals surface area contributed by atoms with Gasteiger partial charge >= 0.3 is 12.1 Å². The lowest BCUT2D eigenvalue weighted by molar-refractivity contribution is -0.141. The van der Waals surface area contributed by atoms with Crippen LogP contribution in [0.5, 0.6) is 0 Å². The predicted octanol–water partition coefficient (Wildman–Crippen LogP) is 3.38. The van der Waals surface area contributed by atoms with E-state index in [4.69, 9.17) is 0 Å². The van der Waals surface area contributed by atoms with Crippen LogP contribution in [0.15, 0.2) is 18.2 Å². The summed E-state index contributed by atoms with van der Waals surface area (Å²) in [6.45, 7) is 3.42. The maximum absolute atomic E-state index is 12.6. The molecule has 6 heteroatoms. The van der Waals surface area contributed by atoms with Crippen molar-refractivity contribution in [1.82, 2.24) is 0 Å². The summed E-state index contributed by atoms with van der Waals surface area (Å²) < 4.78 is 42.5. The fourth-order valence-corrected chi connectivity index (χ4v) is 1.61. The minimum Gasteiger partial charge on any atom is -0.467 e. The molecule has 0 aromatic heterocycles. The zero-order chi connectivity index (χ0) is 14.6. The monoisotopic (exact) mass is 275 g/mol. The van der Waals surface area contributed by atoms with Crippen molar-refractivity contribution >= 4 is 11.7 Å². The van der Waals surface area contributed by atoms with Gasteiger partial charge in [0.15, 0.2) is 0 Å². The van der Waals surface area contributed by atoms with Crippen molar-refractivity contribution in [3.63, 3.8) is 0 Å². The van der Waals surface area contributed by atoms with Gasteiger partial charge in [0, 0.05) is 5.69 Å². The summed E-state index contributed by atoms with van der Waals surface area (Å²) in [5.74, 6) is -0.501. The molecule has 0 fully saturated rings. The number of rotatable bonds is 4. The highest BCUT2D eigenvalue weighted by Crippen LogP contribution is 2.32. The van der Waals surface area contributed by atoms with Crippen LogP contribution in [-0.4, -0.2) is 19.1 Å². The summed E-state index contributed by atoms with van der Waals surface area (Å²) in [5.41, 5.74) is 0.169. The Morgan fingerprint density at radius 2 is 2.05 bits per heavy atom. The Bertz CT molecular complexity index is 458. The molecule has 0 aliphatic carbocycles. The summed E-state index contributed by atoms with van der Waals surface area (Å²) in [7, 11) is 1.24. The van der Waals surface area contributed by atoms with Crippen LogP contribution in [-0.2, 0) is 15.7 Å². The van der Waals surface area contributed by atoms with E-state index in [0.29, 0.717) is 12.0 Å². The molecule has 0 heterocycles. The van der Waals surface area contributed by atoms with Gasteiger partial charge in [-0.05, 0) is 31.0 Å². The van der Waals surface area contributed by atoms with Gasteiger partial charge in [-0.1, -0.05) is 13.0 Å². The molecule has 1 unspecified atom stereocenters. The number of anilines is 1. The fraction of sp³-hybridized carbons (Fsp3) is 0.462. The van der Waals surface area contributed by atoms with Gasteiger partial charge < -0.3 is 10.1 Å². The van der Waals surface area contributed by atoms with Crippen molar-refractivity contribution < 1.29 is 22.7 Å². The molecule has 106 valence electrons. The van der Waals surface area contributed by atoms with Gasteiger partial charge in [-0.3, -0.25) is 0 Å². The number of carbonyl (C=O) groups is 1. The summed E-state index contributed by atoms with van der Waals surface area (Å²) >= 11 is 0. The van der Waals surface area contributed by atoms with Crippen molar-refractivity contribution in [3.8, 4) is 0 Å². The molecule has 19 heavy (non-hydrogen) atoms. The van der Waals surface area contributed by atoms with Gasteiger partial charge in [0.2, 0.25) is 0 Å². The third-order valence-electron chi connectivity index (χ3n) is 2.79. The Morgan fingerprint density at radius 1 is 1.42 bits per heavy atom. The first kappa shape index (κ1) is 15.3. The van der Waals surface area contributed by atoms with E-state index in [1.165, 1.54) is 13.2 Å². The van der Waals surface area contributed by atoms with E-state index in [9.17, 15) is 18.0 Å². The van der Waals surface area contributed by atoms with Crippen LogP contribution in [0.25, 0.3) is 0 Å². The number of alkyl halides is 3. The van der Waals surface area contributed by atoms with E-state index in [1.807, 2.05) is 0 Å². The van der Waals surface area contributed by atoms with Crippen LogP contribution in [0.1, 0.15) is 24.5 Å². The minimum atomic E-state index is -4.41. The number of hydrogen-bond acceptors (Lipinski definition) is 3. The molecule has 0 saturated heterocycles. The van der Waals surface area contributed by atoms with Crippen molar-refractivity contribution in [3.05, 3.63) is 29.3 Å². The molecule has 0 bridgehead atoms. The van der Waals surface area contributed by atoms with E-state index in [1.54, 1.807) is 13.8 Å². The Labute approximate surface area is 109 Å². The highest BCUT2D eigenvalue weighted by molar-refractivity contribution is 5.79. The second kappa shape index (κ2) is 5.95. The zero-order valence-electron chi connectivity index (χ0n) is 11.0. The van der Waals surface area contributed by atoms with Gasteiger partial charge in [0.25, 0.3) is 0 Å². The van der Waals surface area contributed by atoms with E-state index < -0.39 is 23.8 Å². The molecule has 1 N–H and O–H groups in total. The molecule has 0 aliphatic rings. The normalized spacial score (nSPS) is 12.9. The number of halogens is 3. The molecule has 1 aromatic carbocycles. The fourth-order valence-electron chi connectivity index (χ4n) is 1.61. The number of methoxy groups -OCH3 is 1. The van der Waals surface area contributed by atoms with Gasteiger partial charge in [0.1, 0.15) is 6.04 Å². The third kappa shape index (κ3) is 3.87. The van der Waals surface area contributed by atoms with E-state index in [2.05, 4.69) is 10.1 Å². The van der Waals surface area contributed by atoms with Gasteiger partial charge in [0.05, 0.1) is 12.7 Å². The number of ether oxygens (including phenoxy) is 1. The van der Waals surface area contributed by atoms with Gasteiger partial charge in [-0.2, -0.15) is 13.2 Å². The lowest BCUT2D eigenvalue weighted by Gasteiger charge is -2.18. The van der Waals surface area contributed by atoms with Crippen LogP contribution >= 0.6 is 0 Å². The first-order chi connectivity index (χ1) is 8.79. The molecule has 1 rings (SSSR count). The number of nitrogens with one attached hydrogen (secondary N) is 1. The molecule has 0 radical (unpaired) electrons. The van der Waals surface area contributed by atoms with Crippen LogP contribution < -0.4 is 5.32 Å². The van der Waals surface area contributed by atoms with Crippen LogP contribution in [0, 0.1) is 6.92 Å². The molecular formula is C13H16F3NO2. The molecule has 0 spiro atoms. The Morgan fingerprint density at radius 3 is 2.53 bits per heavy atom. The maximum Gasteiger partial charge on any atom is 0.416 e. The van der Waals surface area contributed by atoms with Crippen LogP contribution in [0.3, 0.4) is 0 Å². The molecule has 0 amide bonds. The standard InChI is InChI=1S/C13H16F3NO2/c1-4-10(12(18)19-3)17-11-7-9(13(14,15)16)6-5-8(11)2/h5-7,10,17H,4H2,1-3H3. The Balaban J connectivity index is 3.03. The van der Waals surface area contributed by atoms with Gasteiger partial charge in [-0.15, -0.1) is 0 Å². The molecular weight excluding hydrogens is 259 g/mol. The third-order valence-corrected chi connectivity index (χ3v) is 2.79. The van der Waals surface area contributed by atoms with Gasteiger partial charge in [-0.25, -0.2) is 4.79 Å². The van der Waals surface area contributed by atoms with E-state index in [0.717, 1.165) is 12.1 Å². The quantitative estimate of drug-likeness (QED) is 0.856. The minimum absolute atomic E-state index is 0.284.